The van der Waals surface area contributed by atoms with Gasteiger partial charge in [0.05, 0.1) is 40.9 Å². The number of carbonyl (C=O) groups excluding carboxylic acids is 1. The van der Waals surface area contributed by atoms with Crippen LogP contribution in [0.15, 0.2) is 70.7 Å². The van der Waals surface area contributed by atoms with Crippen LogP contribution in [0.4, 0.5) is 22.0 Å². The Hall–Kier alpha value is -3.19. The molecule has 14 heteroatoms. The van der Waals surface area contributed by atoms with Crippen molar-refractivity contribution in [2.45, 2.75) is 61.6 Å². The molecule has 7 nitrogen and oxygen atoms in total. The Bertz CT molecular complexity index is 1470. The topological polar surface area (TPSA) is 82.1 Å². The molecule has 2 heterocycles. The summed E-state index contributed by atoms with van der Waals surface area (Å²) in [6, 6.07) is 10.3. The summed E-state index contributed by atoms with van der Waals surface area (Å²) in [6.07, 6.45) is 0.0823. The summed E-state index contributed by atoms with van der Waals surface area (Å²) in [6.45, 7) is 3.97. The molecule has 222 valence electrons. The van der Waals surface area contributed by atoms with Crippen LogP contribution in [0.25, 0.3) is 0 Å². The molecule has 1 saturated heterocycles. The van der Waals surface area contributed by atoms with Crippen molar-refractivity contribution in [1.29, 1.82) is 0 Å². The summed E-state index contributed by atoms with van der Waals surface area (Å²) in [5.74, 6) is -10.1. The van der Waals surface area contributed by atoms with Crippen LogP contribution < -0.4 is 5.32 Å². The van der Waals surface area contributed by atoms with E-state index in [2.05, 4.69) is 16.9 Å². The fraction of sp³-hybridized carbons (Fsp3) is 0.407. The third-order valence-corrected chi connectivity index (χ3v) is 9.10. The number of amides is 1. The number of sulfonamides is 1. The maximum absolute atomic E-state index is 14.1. The van der Waals surface area contributed by atoms with E-state index in [0.717, 1.165) is 10.4 Å². The zero-order valence-electron chi connectivity index (χ0n) is 22.2. The van der Waals surface area contributed by atoms with Crippen LogP contribution in [-0.2, 0) is 21.4 Å². The zero-order valence-corrected chi connectivity index (χ0v) is 23.8. The molecule has 1 N–H and O–H groups in total. The third kappa shape index (κ3) is 6.20. The molecule has 1 fully saturated rings. The van der Waals surface area contributed by atoms with E-state index in [1.54, 1.807) is 32.0 Å². The Balaban J connectivity index is 1.50. The quantitative estimate of drug-likeness (QED) is 0.391. The summed E-state index contributed by atoms with van der Waals surface area (Å²) < 4.78 is 97.1. The standard InChI is InChI=1S/C27H28ClF5N4O3S/c1-17(37(14-18-10-11-20(28)21(29)13-18)41(39,40)19-7-5-4-6-8-19)9-12-22-34-23(25(2,3)35-22)24(38)36-15-26(30,31)27(32,33)16-36/h4-8,10-11,13,23H,1,9,12,14-16H2,2-3H3,(H,34,35)/t23-/m0/s1. The summed E-state index contributed by atoms with van der Waals surface area (Å²) in [5, 5.41) is 2.71. The van der Waals surface area contributed by atoms with E-state index >= 15 is 0 Å². The molecule has 0 spiro atoms. The third-order valence-electron chi connectivity index (χ3n) is 6.96. The Labute approximate surface area is 239 Å². The minimum absolute atomic E-state index is 0.0158. The minimum atomic E-state index is -4.34. The van der Waals surface area contributed by atoms with Crippen molar-refractivity contribution in [2.24, 2.45) is 4.99 Å². The molecule has 1 atom stereocenters. The first-order valence-corrected chi connectivity index (χ1v) is 14.4. The predicted molar refractivity (Wildman–Crippen MR) is 144 cm³/mol. The molecule has 2 aromatic carbocycles. The van der Waals surface area contributed by atoms with E-state index in [9.17, 15) is 35.2 Å². The zero-order chi connectivity index (χ0) is 30.4. The molecule has 0 aromatic heterocycles. The summed E-state index contributed by atoms with van der Waals surface area (Å²) in [5.41, 5.74) is -0.715. The summed E-state index contributed by atoms with van der Waals surface area (Å²) in [4.78, 5) is 17.8. The molecule has 2 aliphatic heterocycles. The molecule has 0 unspecified atom stereocenters. The van der Waals surface area contributed by atoms with Gasteiger partial charge in [-0.2, -0.15) is 17.6 Å². The van der Waals surface area contributed by atoms with Gasteiger partial charge in [0.25, 0.3) is 10.0 Å². The van der Waals surface area contributed by atoms with Gasteiger partial charge in [-0.3, -0.25) is 14.1 Å². The van der Waals surface area contributed by atoms with E-state index in [0.29, 0.717) is 10.5 Å². The smallest absolute Gasteiger partial charge is 0.329 e. The molecule has 4 rings (SSSR count). The second-order valence-corrected chi connectivity index (χ2v) is 12.8. The van der Waals surface area contributed by atoms with E-state index < -0.39 is 58.3 Å². The van der Waals surface area contributed by atoms with Crippen LogP contribution in [-0.4, -0.2) is 65.9 Å². The lowest BCUT2D eigenvalue weighted by Gasteiger charge is -2.28. The first kappa shape index (κ1) is 30.8. The molecule has 0 radical (unpaired) electrons. The van der Waals surface area contributed by atoms with Crippen LogP contribution in [0.2, 0.25) is 5.02 Å². The summed E-state index contributed by atoms with van der Waals surface area (Å²) in [7, 11) is -4.13. The van der Waals surface area contributed by atoms with E-state index in [4.69, 9.17) is 11.6 Å². The fourth-order valence-electron chi connectivity index (χ4n) is 4.66. The van der Waals surface area contributed by atoms with E-state index in [-0.39, 0.29) is 40.8 Å². The van der Waals surface area contributed by atoms with Gasteiger partial charge in [-0.15, -0.1) is 0 Å². The maximum atomic E-state index is 14.1. The average molecular weight is 619 g/mol. The first-order valence-electron chi connectivity index (χ1n) is 12.5. The predicted octanol–water partition coefficient (Wildman–Crippen LogP) is 5.23. The highest BCUT2D eigenvalue weighted by Crippen LogP contribution is 2.41. The Morgan fingerprint density at radius 1 is 1.12 bits per heavy atom. The lowest BCUT2D eigenvalue weighted by molar-refractivity contribution is -0.172. The van der Waals surface area contributed by atoms with Gasteiger partial charge in [-0.1, -0.05) is 42.4 Å². The fourth-order valence-corrected chi connectivity index (χ4v) is 6.29. The number of allylic oxidation sites excluding steroid dienone is 1. The number of rotatable bonds is 9. The largest absolute Gasteiger partial charge is 0.360 e. The summed E-state index contributed by atoms with van der Waals surface area (Å²) >= 11 is 5.77. The van der Waals surface area contributed by atoms with Crippen molar-refractivity contribution in [2.75, 3.05) is 13.1 Å². The van der Waals surface area contributed by atoms with Crippen LogP contribution in [0.3, 0.4) is 0 Å². The van der Waals surface area contributed by atoms with Crippen molar-refractivity contribution in [3.63, 3.8) is 0 Å². The Morgan fingerprint density at radius 3 is 2.32 bits per heavy atom. The van der Waals surface area contributed by atoms with Crippen LogP contribution in [0, 0.1) is 5.82 Å². The Morgan fingerprint density at radius 2 is 1.73 bits per heavy atom. The second-order valence-electron chi connectivity index (χ2n) is 10.5. The highest BCUT2D eigenvalue weighted by molar-refractivity contribution is 7.89. The first-order chi connectivity index (χ1) is 18.9. The monoisotopic (exact) mass is 618 g/mol. The van der Waals surface area contributed by atoms with Crippen LogP contribution >= 0.6 is 11.6 Å². The number of amidine groups is 1. The molecule has 0 saturated carbocycles. The van der Waals surface area contributed by atoms with Gasteiger partial charge in [-0.25, -0.2) is 12.8 Å². The maximum Gasteiger partial charge on any atom is 0.329 e. The second kappa shape index (κ2) is 10.9. The molecular weight excluding hydrogens is 591 g/mol. The molecule has 2 aliphatic rings. The van der Waals surface area contributed by atoms with Gasteiger partial charge in [0, 0.05) is 12.1 Å². The molecule has 0 aliphatic carbocycles. The molecule has 0 bridgehead atoms. The number of nitrogens with zero attached hydrogens (tertiary/aromatic N) is 3. The highest BCUT2D eigenvalue weighted by atomic mass is 35.5. The van der Waals surface area contributed by atoms with Gasteiger partial charge in [0.1, 0.15) is 11.9 Å². The van der Waals surface area contributed by atoms with Gasteiger partial charge in [-0.05, 0) is 50.1 Å². The normalized spacial score (nSPS) is 20.8. The lowest BCUT2D eigenvalue weighted by Crippen LogP contribution is -2.53. The highest BCUT2D eigenvalue weighted by Gasteiger charge is 2.64. The number of likely N-dealkylation sites (tertiary alicyclic amines) is 1. The number of benzene rings is 2. The number of nitrogens with one attached hydrogen (secondary N) is 1. The number of aliphatic imine (C=N–C) groups is 1. The number of carbonyl (C=O) groups is 1. The van der Waals surface area contributed by atoms with E-state index in [1.807, 2.05) is 0 Å². The molecule has 2 aromatic rings. The van der Waals surface area contributed by atoms with Crippen LogP contribution in [0.5, 0.6) is 0 Å². The van der Waals surface area contributed by atoms with Gasteiger partial charge in [0.15, 0.2) is 0 Å². The van der Waals surface area contributed by atoms with Gasteiger partial charge >= 0.3 is 11.8 Å². The SMILES string of the molecule is C=C(CCC1=NC(C)(C)[C@H](C(=O)N2CC(F)(F)C(F)(F)C2)N1)N(Cc1ccc(Cl)c(F)c1)S(=O)(=O)c1ccccc1. The number of halogens is 6. The van der Waals surface area contributed by atoms with Crippen molar-refractivity contribution < 1.29 is 35.2 Å². The number of alkyl halides is 4. The molecule has 41 heavy (non-hydrogen) atoms. The van der Waals surface area contributed by atoms with Crippen LogP contribution in [0.1, 0.15) is 32.3 Å². The van der Waals surface area contributed by atoms with Gasteiger partial charge < -0.3 is 10.2 Å². The average Bonchev–Trinajstić information content (AvgIpc) is 3.32. The number of hydrogen-bond acceptors (Lipinski definition) is 5. The molecule has 1 amide bonds. The lowest BCUT2D eigenvalue weighted by atomic mass is 9.96. The van der Waals surface area contributed by atoms with Gasteiger partial charge in [0.2, 0.25) is 5.91 Å². The van der Waals surface area contributed by atoms with Crippen molar-refractivity contribution in [3.05, 3.63) is 77.2 Å². The minimum Gasteiger partial charge on any atom is -0.360 e. The number of hydrogen-bond donors (Lipinski definition) is 1. The van der Waals surface area contributed by atoms with Crippen molar-refractivity contribution in [1.82, 2.24) is 14.5 Å². The molecular formula is C27H28ClF5N4O3S. The van der Waals surface area contributed by atoms with E-state index in [1.165, 1.54) is 24.3 Å². The van der Waals surface area contributed by atoms with Crippen molar-refractivity contribution in [3.8, 4) is 0 Å². The Kier molecular flexibility index (Phi) is 8.18. The van der Waals surface area contributed by atoms with Crippen molar-refractivity contribution >= 4 is 33.4 Å².